The first kappa shape index (κ1) is 13.6. The molecule has 1 heterocycles. The van der Waals surface area contributed by atoms with Crippen molar-refractivity contribution in [3.63, 3.8) is 0 Å². The van der Waals surface area contributed by atoms with E-state index in [9.17, 15) is 4.79 Å². The Bertz CT molecular complexity index is 464. The Morgan fingerprint density at radius 1 is 1.20 bits per heavy atom. The van der Waals surface area contributed by atoms with Crippen molar-refractivity contribution < 1.29 is 9.90 Å². The zero-order valence-corrected chi connectivity index (χ0v) is 11.9. The first-order chi connectivity index (χ1) is 9.70. The monoisotopic (exact) mass is 273 g/mol. The molecule has 3 rings (SSSR count). The number of hydrogen-bond donors (Lipinski definition) is 1. The lowest BCUT2D eigenvalue weighted by molar-refractivity contribution is -0.137. The van der Waals surface area contributed by atoms with Gasteiger partial charge in [-0.05, 0) is 55.2 Å². The molecule has 2 fully saturated rings. The number of hydrogen-bond acceptors (Lipinski definition) is 2. The molecule has 1 aliphatic heterocycles. The van der Waals surface area contributed by atoms with Crippen molar-refractivity contribution in [2.75, 3.05) is 13.1 Å². The molecule has 1 atom stereocenters. The molecule has 108 valence electrons. The van der Waals surface area contributed by atoms with Crippen molar-refractivity contribution in [3.05, 3.63) is 35.4 Å². The Morgan fingerprint density at radius 3 is 2.60 bits per heavy atom. The molecule has 20 heavy (non-hydrogen) atoms. The quantitative estimate of drug-likeness (QED) is 0.865. The Labute approximate surface area is 120 Å². The molecular weight excluding hydrogens is 250 g/mol. The van der Waals surface area contributed by atoms with E-state index in [1.165, 1.54) is 24.0 Å². The van der Waals surface area contributed by atoms with Gasteiger partial charge in [0.25, 0.3) is 0 Å². The molecule has 0 aromatic heterocycles. The van der Waals surface area contributed by atoms with Gasteiger partial charge in [0.1, 0.15) is 0 Å². The van der Waals surface area contributed by atoms with Crippen LogP contribution < -0.4 is 0 Å². The standard InChI is InChI=1S/C17H23NO2/c19-17(20)8-3-14-9-10-18(12-14)11-13-1-4-15(5-2-13)16-6-7-16/h1-2,4-5,14,16H,3,6-12H2,(H,19,20). The summed E-state index contributed by atoms with van der Waals surface area (Å²) in [6.45, 7) is 3.17. The van der Waals surface area contributed by atoms with Gasteiger partial charge in [-0.25, -0.2) is 0 Å². The molecular formula is C17H23NO2. The predicted octanol–water partition coefficient (Wildman–Crippen LogP) is 3.25. The lowest BCUT2D eigenvalue weighted by atomic mass is 10.0. The average Bonchev–Trinajstić information content (AvgIpc) is 3.19. The molecule has 3 nitrogen and oxygen atoms in total. The fourth-order valence-electron chi connectivity index (χ4n) is 3.19. The van der Waals surface area contributed by atoms with Crippen molar-refractivity contribution in [1.29, 1.82) is 0 Å². The van der Waals surface area contributed by atoms with Crippen LogP contribution in [0.5, 0.6) is 0 Å². The molecule has 2 aliphatic rings. The molecule has 1 saturated carbocycles. The third-order valence-corrected chi connectivity index (χ3v) is 4.57. The predicted molar refractivity (Wildman–Crippen MR) is 78.7 cm³/mol. The minimum atomic E-state index is -0.667. The summed E-state index contributed by atoms with van der Waals surface area (Å²) in [5.74, 6) is 0.729. The third kappa shape index (κ3) is 3.60. The van der Waals surface area contributed by atoms with E-state index >= 15 is 0 Å². The van der Waals surface area contributed by atoms with Crippen LogP contribution in [0.25, 0.3) is 0 Å². The molecule has 0 amide bonds. The van der Waals surface area contributed by atoms with E-state index in [2.05, 4.69) is 29.2 Å². The molecule has 1 unspecified atom stereocenters. The summed E-state index contributed by atoms with van der Waals surface area (Å²) < 4.78 is 0. The van der Waals surface area contributed by atoms with Gasteiger partial charge < -0.3 is 5.11 Å². The van der Waals surface area contributed by atoms with Crippen LogP contribution in [0, 0.1) is 5.92 Å². The second-order valence-electron chi connectivity index (χ2n) is 6.34. The van der Waals surface area contributed by atoms with E-state index in [0.717, 1.165) is 38.4 Å². The summed E-state index contributed by atoms with van der Waals surface area (Å²) in [6.07, 6.45) is 5.00. The summed E-state index contributed by atoms with van der Waals surface area (Å²) in [7, 11) is 0. The lowest BCUT2D eigenvalue weighted by Crippen LogP contribution is -2.20. The van der Waals surface area contributed by atoms with E-state index in [1.54, 1.807) is 0 Å². The van der Waals surface area contributed by atoms with Crippen molar-refractivity contribution >= 4 is 5.97 Å². The van der Waals surface area contributed by atoms with Gasteiger partial charge in [0.15, 0.2) is 0 Å². The van der Waals surface area contributed by atoms with E-state index in [0.29, 0.717) is 12.3 Å². The van der Waals surface area contributed by atoms with E-state index in [-0.39, 0.29) is 0 Å². The Hall–Kier alpha value is -1.35. The number of carboxylic acids is 1. The van der Waals surface area contributed by atoms with Crippen molar-refractivity contribution in [2.45, 2.75) is 44.6 Å². The first-order valence-corrected chi connectivity index (χ1v) is 7.73. The number of rotatable bonds is 6. The highest BCUT2D eigenvalue weighted by Gasteiger charge is 2.24. The molecule has 1 aromatic carbocycles. The number of carboxylic acid groups (broad SMARTS) is 1. The molecule has 1 aliphatic carbocycles. The third-order valence-electron chi connectivity index (χ3n) is 4.57. The van der Waals surface area contributed by atoms with Crippen molar-refractivity contribution in [1.82, 2.24) is 4.90 Å². The summed E-state index contributed by atoms with van der Waals surface area (Å²) >= 11 is 0. The zero-order valence-electron chi connectivity index (χ0n) is 11.9. The van der Waals surface area contributed by atoms with E-state index in [4.69, 9.17) is 5.11 Å². The van der Waals surface area contributed by atoms with Crippen LogP contribution in [-0.4, -0.2) is 29.1 Å². The van der Waals surface area contributed by atoms with Crippen molar-refractivity contribution in [3.8, 4) is 0 Å². The average molecular weight is 273 g/mol. The zero-order chi connectivity index (χ0) is 13.9. The largest absolute Gasteiger partial charge is 0.481 e. The minimum absolute atomic E-state index is 0.314. The van der Waals surface area contributed by atoms with Crippen LogP contribution in [0.4, 0.5) is 0 Å². The van der Waals surface area contributed by atoms with Gasteiger partial charge >= 0.3 is 5.97 Å². The SMILES string of the molecule is O=C(O)CCC1CCN(Cc2ccc(C3CC3)cc2)C1. The van der Waals surface area contributed by atoms with Gasteiger partial charge in [0.2, 0.25) is 0 Å². The number of benzene rings is 1. The van der Waals surface area contributed by atoms with E-state index in [1.807, 2.05) is 0 Å². The van der Waals surface area contributed by atoms with E-state index < -0.39 is 5.97 Å². The van der Waals surface area contributed by atoms with Gasteiger partial charge in [0, 0.05) is 19.5 Å². The summed E-state index contributed by atoms with van der Waals surface area (Å²) in [6, 6.07) is 9.09. The topological polar surface area (TPSA) is 40.5 Å². The fraction of sp³-hybridized carbons (Fsp3) is 0.588. The van der Waals surface area contributed by atoms with Crippen LogP contribution in [-0.2, 0) is 11.3 Å². The van der Waals surface area contributed by atoms with Crippen LogP contribution in [0.2, 0.25) is 0 Å². The highest BCUT2D eigenvalue weighted by Crippen LogP contribution is 2.39. The maximum absolute atomic E-state index is 10.6. The number of likely N-dealkylation sites (tertiary alicyclic amines) is 1. The maximum Gasteiger partial charge on any atom is 0.303 e. The molecule has 0 radical (unpaired) electrons. The first-order valence-electron chi connectivity index (χ1n) is 7.73. The van der Waals surface area contributed by atoms with Gasteiger partial charge in [-0.2, -0.15) is 0 Å². The van der Waals surface area contributed by atoms with Crippen molar-refractivity contribution in [2.24, 2.45) is 5.92 Å². The van der Waals surface area contributed by atoms with Crippen LogP contribution in [0.1, 0.15) is 49.1 Å². The molecule has 1 aromatic rings. The highest BCUT2D eigenvalue weighted by atomic mass is 16.4. The normalized spacial score (nSPS) is 23.1. The second kappa shape index (κ2) is 5.96. The number of nitrogens with zero attached hydrogens (tertiary/aromatic N) is 1. The molecule has 3 heteroatoms. The van der Waals surface area contributed by atoms with Crippen LogP contribution in [0.3, 0.4) is 0 Å². The van der Waals surface area contributed by atoms with Gasteiger partial charge in [-0.15, -0.1) is 0 Å². The van der Waals surface area contributed by atoms with Gasteiger partial charge in [0.05, 0.1) is 0 Å². The maximum atomic E-state index is 10.6. The fourth-order valence-corrected chi connectivity index (χ4v) is 3.19. The Kier molecular flexibility index (Phi) is 4.06. The van der Waals surface area contributed by atoms with Gasteiger partial charge in [-0.1, -0.05) is 24.3 Å². The number of aliphatic carboxylic acids is 1. The Balaban J connectivity index is 1.47. The minimum Gasteiger partial charge on any atom is -0.481 e. The summed E-state index contributed by atoms with van der Waals surface area (Å²) in [5, 5.41) is 8.74. The van der Waals surface area contributed by atoms with Crippen LogP contribution >= 0.6 is 0 Å². The molecule has 0 spiro atoms. The molecule has 1 saturated heterocycles. The molecule has 1 N–H and O–H groups in total. The summed E-state index contributed by atoms with van der Waals surface area (Å²) in [5.41, 5.74) is 2.88. The smallest absolute Gasteiger partial charge is 0.303 e. The summed E-state index contributed by atoms with van der Waals surface area (Å²) in [4.78, 5) is 13.1. The molecule has 0 bridgehead atoms. The lowest BCUT2D eigenvalue weighted by Gasteiger charge is -2.16. The number of carbonyl (C=O) groups is 1. The highest BCUT2D eigenvalue weighted by molar-refractivity contribution is 5.66. The second-order valence-corrected chi connectivity index (χ2v) is 6.34. The Morgan fingerprint density at radius 2 is 1.95 bits per heavy atom. The van der Waals surface area contributed by atoms with Gasteiger partial charge in [-0.3, -0.25) is 9.69 Å². The van der Waals surface area contributed by atoms with Crippen LogP contribution in [0.15, 0.2) is 24.3 Å².